The van der Waals surface area contributed by atoms with Gasteiger partial charge in [-0.1, -0.05) is 37.1 Å². The molecule has 49 heavy (non-hydrogen) atoms. The smallest absolute Gasteiger partial charge is 0.227 e. The van der Waals surface area contributed by atoms with Crippen molar-refractivity contribution >= 4 is 33.5 Å². The molecule has 0 atom stereocenters. The maximum atomic E-state index is 9.98. The highest BCUT2D eigenvalue weighted by atomic mass is 16.3. The van der Waals surface area contributed by atoms with Gasteiger partial charge in [0.05, 0.1) is 5.56 Å². The highest BCUT2D eigenvalue weighted by Crippen LogP contribution is 2.38. The topological polar surface area (TPSA) is 103 Å². The molecule has 6 aromatic rings. The minimum atomic E-state index is 0.516. The molecule has 1 aliphatic heterocycles. The average molecular weight is 648 g/mol. The molecule has 0 radical (unpaired) electrons. The zero-order valence-electron chi connectivity index (χ0n) is 28.2. The lowest BCUT2D eigenvalue weighted by atomic mass is 9.93. The molecule has 4 heterocycles. The summed E-state index contributed by atoms with van der Waals surface area (Å²) in [6, 6.07) is 23.7. The van der Waals surface area contributed by atoms with Crippen molar-refractivity contribution in [2.75, 3.05) is 18.4 Å². The largest absolute Gasteiger partial charge is 0.435 e. The van der Waals surface area contributed by atoms with Crippen molar-refractivity contribution in [2.24, 2.45) is 0 Å². The van der Waals surface area contributed by atoms with Crippen LogP contribution < -0.4 is 10.6 Å². The fourth-order valence-corrected chi connectivity index (χ4v) is 7.62. The van der Waals surface area contributed by atoms with Crippen LogP contribution in [0, 0.1) is 25.2 Å². The Kier molecular flexibility index (Phi) is 8.54. The molecule has 3 aromatic carbocycles. The lowest BCUT2D eigenvalue weighted by molar-refractivity contribution is 0.331. The molecule has 246 valence electrons. The molecule has 0 unspecified atom stereocenters. The van der Waals surface area contributed by atoms with Crippen LogP contribution in [0.1, 0.15) is 66.3 Å². The number of likely N-dealkylation sites (tertiary alicyclic amines) is 1. The second-order valence-electron chi connectivity index (χ2n) is 13.6. The highest BCUT2D eigenvalue weighted by molar-refractivity contribution is 5.91. The van der Waals surface area contributed by atoms with E-state index in [0.29, 0.717) is 28.6 Å². The minimum absolute atomic E-state index is 0.516. The van der Waals surface area contributed by atoms with E-state index in [0.717, 1.165) is 82.0 Å². The number of nitrogens with zero attached hydrogens (tertiary/aromatic N) is 5. The molecule has 3 aromatic heterocycles. The highest BCUT2D eigenvalue weighted by Gasteiger charge is 2.20. The maximum absolute atomic E-state index is 9.98. The third kappa shape index (κ3) is 6.28. The first-order chi connectivity index (χ1) is 24.0. The van der Waals surface area contributed by atoms with Crippen LogP contribution in [0.4, 0.5) is 11.5 Å². The molecule has 8 nitrogen and oxygen atoms in total. The van der Waals surface area contributed by atoms with Crippen LogP contribution in [0.3, 0.4) is 0 Å². The summed E-state index contributed by atoms with van der Waals surface area (Å²) in [5.41, 5.74) is 11.2. The maximum Gasteiger partial charge on any atom is 0.227 e. The van der Waals surface area contributed by atoms with Crippen molar-refractivity contribution in [3.8, 4) is 28.7 Å². The number of fused-ring (bicyclic) bond motifs is 2. The Morgan fingerprint density at radius 3 is 2.47 bits per heavy atom. The van der Waals surface area contributed by atoms with Crippen LogP contribution in [0.25, 0.3) is 44.6 Å². The van der Waals surface area contributed by atoms with Gasteiger partial charge < -0.3 is 15.1 Å². The zero-order chi connectivity index (χ0) is 33.3. The van der Waals surface area contributed by atoms with Gasteiger partial charge in [-0.25, -0.2) is 9.97 Å². The summed E-state index contributed by atoms with van der Waals surface area (Å²) in [6.45, 7) is 8.23. The summed E-state index contributed by atoms with van der Waals surface area (Å²) in [5, 5.41) is 18.3. The molecule has 2 fully saturated rings. The van der Waals surface area contributed by atoms with Crippen molar-refractivity contribution in [3.63, 3.8) is 0 Å². The van der Waals surface area contributed by atoms with Crippen LogP contribution in [0.15, 0.2) is 77.5 Å². The van der Waals surface area contributed by atoms with E-state index in [1.54, 1.807) is 0 Å². The van der Waals surface area contributed by atoms with E-state index in [-0.39, 0.29) is 0 Å². The Balaban J connectivity index is 1.08. The predicted molar refractivity (Wildman–Crippen MR) is 195 cm³/mol. The summed E-state index contributed by atoms with van der Waals surface area (Å²) >= 11 is 0. The lowest BCUT2D eigenvalue weighted by Crippen LogP contribution is -2.25. The normalized spacial score (nSPS) is 15.4. The fraction of sp³-hybridized carbons (Fsp3) is 0.317. The van der Waals surface area contributed by atoms with E-state index < -0.39 is 0 Å². The standard InChI is InChI=1S/C41H41N7O/c1-26-33(11-7-13-35(26)41-47-37-21-28(19-31(22-42)39(37)49-41)23-44-32-9-3-4-10-32)34-12-8-14-36(27(34)2)46-40-38-30(15-16-43-40)20-29(24-45-38)25-48-17-5-6-18-48/h7-8,11-16,19-21,24,32,44H,3-6,9-10,17-18,23,25H2,1-2H3,(H,43,46). The molecule has 1 saturated heterocycles. The molecular formula is C41H41N7O. The molecular weight excluding hydrogens is 606 g/mol. The molecule has 0 bridgehead atoms. The summed E-state index contributed by atoms with van der Waals surface area (Å²) in [7, 11) is 0. The van der Waals surface area contributed by atoms with Gasteiger partial charge in [-0.2, -0.15) is 5.26 Å². The van der Waals surface area contributed by atoms with E-state index in [4.69, 9.17) is 19.4 Å². The van der Waals surface area contributed by atoms with Gasteiger partial charge in [-0.05, 0) is 122 Å². The van der Waals surface area contributed by atoms with Crippen molar-refractivity contribution < 1.29 is 4.42 Å². The van der Waals surface area contributed by atoms with Crippen LogP contribution in [0.2, 0.25) is 0 Å². The van der Waals surface area contributed by atoms with Crippen LogP contribution in [0.5, 0.6) is 0 Å². The third-order valence-electron chi connectivity index (χ3n) is 10.3. The molecule has 2 aliphatic rings. The van der Waals surface area contributed by atoms with E-state index in [2.05, 4.69) is 65.8 Å². The second kappa shape index (κ2) is 13.4. The average Bonchev–Trinajstić information content (AvgIpc) is 3.91. The summed E-state index contributed by atoms with van der Waals surface area (Å²) in [5.74, 6) is 1.27. The van der Waals surface area contributed by atoms with Gasteiger partial charge in [0.1, 0.15) is 17.1 Å². The lowest BCUT2D eigenvalue weighted by Gasteiger charge is -2.17. The third-order valence-corrected chi connectivity index (χ3v) is 10.3. The summed E-state index contributed by atoms with van der Waals surface area (Å²) in [6.07, 6.45) is 11.4. The first kappa shape index (κ1) is 31.2. The van der Waals surface area contributed by atoms with E-state index in [1.807, 2.05) is 42.7 Å². The van der Waals surface area contributed by atoms with Gasteiger partial charge in [-0.15, -0.1) is 0 Å². The molecule has 0 spiro atoms. The number of nitriles is 1. The number of nitrogens with one attached hydrogen (secondary N) is 2. The van der Waals surface area contributed by atoms with E-state index in [9.17, 15) is 5.26 Å². The monoisotopic (exact) mass is 647 g/mol. The van der Waals surface area contributed by atoms with E-state index in [1.165, 1.54) is 44.1 Å². The number of anilines is 2. The van der Waals surface area contributed by atoms with Gasteiger partial charge in [0.25, 0.3) is 0 Å². The Morgan fingerprint density at radius 1 is 0.878 bits per heavy atom. The van der Waals surface area contributed by atoms with Crippen LogP contribution in [-0.4, -0.2) is 39.0 Å². The Morgan fingerprint density at radius 2 is 1.65 bits per heavy atom. The Bertz CT molecular complexity index is 2200. The Labute approximate surface area is 287 Å². The first-order valence-corrected chi connectivity index (χ1v) is 17.5. The molecule has 8 heteroatoms. The molecule has 2 N–H and O–H groups in total. The van der Waals surface area contributed by atoms with Gasteiger partial charge >= 0.3 is 0 Å². The zero-order valence-corrected chi connectivity index (χ0v) is 28.2. The molecule has 1 saturated carbocycles. The minimum Gasteiger partial charge on any atom is -0.435 e. The number of rotatable bonds is 9. The van der Waals surface area contributed by atoms with Crippen LogP contribution >= 0.6 is 0 Å². The molecule has 8 rings (SSSR count). The van der Waals surface area contributed by atoms with Gasteiger partial charge in [0.2, 0.25) is 5.89 Å². The van der Waals surface area contributed by atoms with Crippen molar-refractivity contribution in [2.45, 2.75) is 71.5 Å². The van der Waals surface area contributed by atoms with Crippen molar-refractivity contribution in [1.29, 1.82) is 5.26 Å². The SMILES string of the molecule is Cc1c(Nc2nccc3cc(CN4CCCC4)cnc23)cccc1-c1cccc(-c2nc3cc(CNC4CCCC4)cc(C#N)c3o2)c1C. The quantitative estimate of drug-likeness (QED) is 0.160. The second-order valence-corrected chi connectivity index (χ2v) is 13.6. The fourth-order valence-electron chi connectivity index (χ4n) is 7.62. The number of hydrogen-bond donors (Lipinski definition) is 2. The van der Waals surface area contributed by atoms with Gasteiger partial charge in [0, 0.05) is 48.2 Å². The summed E-state index contributed by atoms with van der Waals surface area (Å²) in [4.78, 5) is 17.0. The van der Waals surface area contributed by atoms with E-state index >= 15 is 0 Å². The van der Waals surface area contributed by atoms with Gasteiger partial charge in [0.15, 0.2) is 11.4 Å². The predicted octanol–water partition coefficient (Wildman–Crippen LogP) is 8.97. The van der Waals surface area contributed by atoms with Crippen molar-refractivity contribution in [3.05, 3.63) is 101 Å². The molecule has 0 amide bonds. The first-order valence-electron chi connectivity index (χ1n) is 17.5. The van der Waals surface area contributed by atoms with Crippen molar-refractivity contribution in [1.82, 2.24) is 25.2 Å². The number of benzene rings is 3. The van der Waals surface area contributed by atoms with Gasteiger partial charge in [-0.3, -0.25) is 9.88 Å². The van der Waals surface area contributed by atoms with Crippen LogP contribution in [-0.2, 0) is 13.1 Å². The number of oxazole rings is 1. The Hall–Kier alpha value is -5.10. The number of pyridine rings is 2. The summed E-state index contributed by atoms with van der Waals surface area (Å²) < 4.78 is 6.32. The number of hydrogen-bond acceptors (Lipinski definition) is 8. The number of aromatic nitrogens is 3. The molecule has 1 aliphatic carbocycles.